The summed E-state index contributed by atoms with van der Waals surface area (Å²) < 4.78 is 5.07. The first kappa shape index (κ1) is 25.5. The van der Waals surface area contributed by atoms with Crippen LogP contribution in [-0.4, -0.2) is 48.8 Å². The highest BCUT2D eigenvalue weighted by atomic mass is 16.5. The highest BCUT2D eigenvalue weighted by Crippen LogP contribution is 2.18. The third kappa shape index (κ3) is 9.08. The van der Waals surface area contributed by atoms with E-state index in [0.717, 1.165) is 5.56 Å². The first-order valence-electron chi connectivity index (χ1n) is 10.6. The SMILES string of the molecule is COc1ccc(/N=N/C(=O)N[C@@H](Cc2ccccc2)C(=O)N[C@@H](CCCCN)C(=O)O)cc1. The van der Waals surface area contributed by atoms with Crippen molar-refractivity contribution in [2.75, 3.05) is 13.7 Å². The van der Waals surface area contributed by atoms with Crippen LogP contribution in [0.3, 0.4) is 0 Å². The zero-order valence-electron chi connectivity index (χ0n) is 18.4. The molecule has 2 rings (SSSR count). The van der Waals surface area contributed by atoms with Crippen molar-refractivity contribution < 1.29 is 24.2 Å². The summed E-state index contributed by atoms with van der Waals surface area (Å²) in [6, 6.07) is 12.7. The Morgan fingerprint density at radius 1 is 1.00 bits per heavy atom. The molecule has 10 nitrogen and oxygen atoms in total. The largest absolute Gasteiger partial charge is 0.497 e. The van der Waals surface area contributed by atoms with Crippen molar-refractivity contribution in [3.63, 3.8) is 0 Å². The molecule has 176 valence electrons. The minimum atomic E-state index is -1.15. The molecular weight excluding hydrogens is 426 g/mol. The molecule has 0 saturated heterocycles. The van der Waals surface area contributed by atoms with Gasteiger partial charge in [-0.2, -0.15) is 0 Å². The normalized spacial score (nSPS) is 12.7. The summed E-state index contributed by atoms with van der Waals surface area (Å²) in [5.41, 5.74) is 6.68. The van der Waals surface area contributed by atoms with E-state index in [0.29, 0.717) is 30.8 Å². The van der Waals surface area contributed by atoms with E-state index in [-0.39, 0.29) is 12.8 Å². The molecular formula is C23H29N5O5. The number of hydrogen-bond donors (Lipinski definition) is 4. The maximum atomic E-state index is 12.9. The Bertz CT molecular complexity index is 934. The number of azo groups is 1. The van der Waals surface area contributed by atoms with E-state index in [1.165, 1.54) is 7.11 Å². The van der Waals surface area contributed by atoms with Crippen LogP contribution in [0.5, 0.6) is 5.75 Å². The third-order valence-corrected chi connectivity index (χ3v) is 4.79. The zero-order valence-corrected chi connectivity index (χ0v) is 18.4. The van der Waals surface area contributed by atoms with Gasteiger partial charge in [-0.05, 0) is 55.6 Å². The first-order chi connectivity index (χ1) is 15.9. The van der Waals surface area contributed by atoms with E-state index in [2.05, 4.69) is 20.9 Å². The first-order valence-corrected chi connectivity index (χ1v) is 10.6. The fourth-order valence-electron chi connectivity index (χ4n) is 3.01. The molecule has 0 unspecified atom stereocenters. The summed E-state index contributed by atoms with van der Waals surface area (Å²) in [4.78, 5) is 36.8. The number of rotatable bonds is 12. The lowest BCUT2D eigenvalue weighted by Crippen LogP contribution is -2.52. The topological polar surface area (TPSA) is 155 Å². The number of urea groups is 1. The molecule has 3 amide bonds. The highest BCUT2D eigenvalue weighted by Gasteiger charge is 2.26. The molecule has 0 spiro atoms. The van der Waals surface area contributed by atoms with Gasteiger partial charge in [-0.1, -0.05) is 35.4 Å². The molecule has 33 heavy (non-hydrogen) atoms. The Labute approximate surface area is 192 Å². The van der Waals surface area contributed by atoms with Crippen LogP contribution < -0.4 is 21.1 Å². The fourth-order valence-corrected chi connectivity index (χ4v) is 3.01. The number of nitrogens with one attached hydrogen (secondary N) is 2. The van der Waals surface area contributed by atoms with E-state index < -0.39 is 30.0 Å². The number of ether oxygens (including phenoxy) is 1. The number of nitrogens with two attached hydrogens (primary N) is 1. The number of amides is 3. The molecule has 2 aromatic carbocycles. The summed E-state index contributed by atoms with van der Waals surface area (Å²) in [6.45, 7) is 0.437. The number of benzene rings is 2. The van der Waals surface area contributed by atoms with Crippen molar-refractivity contribution >= 4 is 23.6 Å². The van der Waals surface area contributed by atoms with Crippen LogP contribution in [-0.2, 0) is 16.0 Å². The van der Waals surface area contributed by atoms with Crippen molar-refractivity contribution in [3.05, 3.63) is 60.2 Å². The Balaban J connectivity index is 2.09. The maximum Gasteiger partial charge on any atom is 0.360 e. The molecule has 0 aliphatic heterocycles. The molecule has 2 atom stereocenters. The second kappa shape index (κ2) is 13.6. The van der Waals surface area contributed by atoms with Gasteiger partial charge in [-0.15, -0.1) is 5.11 Å². The van der Waals surface area contributed by atoms with Gasteiger partial charge in [0.2, 0.25) is 5.91 Å². The summed E-state index contributed by atoms with van der Waals surface area (Å²) >= 11 is 0. The number of aliphatic carboxylic acids is 1. The minimum Gasteiger partial charge on any atom is -0.497 e. The van der Waals surface area contributed by atoms with Crippen LogP contribution in [0.4, 0.5) is 10.5 Å². The van der Waals surface area contributed by atoms with Gasteiger partial charge >= 0.3 is 12.0 Å². The van der Waals surface area contributed by atoms with Crippen LogP contribution in [0.25, 0.3) is 0 Å². The van der Waals surface area contributed by atoms with Gasteiger partial charge in [0, 0.05) is 6.42 Å². The third-order valence-electron chi connectivity index (χ3n) is 4.79. The second-order valence-corrected chi connectivity index (χ2v) is 7.27. The summed E-state index contributed by atoms with van der Waals surface area (Å²) in [6.07, 6.45) is 1.60. The molecule has 0 heterocycles. The molecule has 10 heteroatoms. The van der Waals surface area contributed by atoms with Gasteiger partial charge in [-0.25, -0.2) is 9.59 Å². The van der Waals surface area contributed by atoms with E-state index >= 15 is 0 Å². The van der Waals surface area contributed by atoms with Crippen LogP contribution >= 0.6 is 0 Å². The van der Waals surface area contributed by atoms with E-state index in [1.54, 1.807) is 36.4 Å². The molecule has 0 saturated carbocycles. The van der Waals surface area contributed by atoms with Crippen molar-refractivity contribution in [2.24, 2.45) is 16.0 Å². The number of carbonyl (C=O) groups is 3. The van der Waals surface area contributed by atoms with Gasteiger partial charge in [0.15, 0.2) is 0 Å². The van der Waals surface area contributed by atoms with E-state index in [9.17, 15) is 19.5 Å². The number of carboxylic acids is 1. The highest BCUT2D eigenvalue weighted by molar-refractivity contribution is 5.90. The van der Waals surface area contributed by atoms with Gasteiger partial charge in [0.05, 0.1) is 12.8 Å². The summed E-state index contributed by atoms with van der Waals surface area (Å²) in [7, 11) is 1.54. The minimum absolute atomic E-state index is 0.158. The Kier molecular flexibility index (Phi) is 10.5. The van der Waals surface area contributed by atoms with Crippen molar-refractivity contribution in [1.82, 2.24) is 10.6 Å². The van der Waals surface area contributed by atoms with Crippen molar-refractivity contribution in [2.45, 2.75) is 37.8 Å². The lowest BCUT2D eigenvalue weighted by Gasteiger charge is -2.20. The molecule has 0 bridgehead atoms. The molecule has 0 aromatic heterocycles. The predicted octanol–water partition coefficient (Wildman–Crippen LogP) is 2.80. The quantitative estimate of drug-likeness (QED) is 0.285. The number of hydrogen-bond acceptors (Lipinski definition) is 6. The lowest BCUT2D eigenvalue weighted by molar-refractivity contribution is -0.142. The molecule has 2 aromatic rings. The van der Waals surface area contributed by atoms with E-state index in [4.69, 9.17) is 10.5 Å². The zero-order chi connectivity index (χ0) is 24.1. The standard InChI is InChI=1S/C23H29N5O5/c1-33-18-12-10-17(11-13-18)27-28-23(32)26-20(15-16-7-3-2-4-8-16)21(29)25-19(22(30)31)9-5-6-14-24/h2-4,7-8,10-13,19-20H,5-6,9,14-15,24H2,1H3,(H,25,29)(H,26,32)(H,30,31)/b28-27+/t19-,20-/m0/s1. The van der Waals surface area contributed by atoms with E-state index in [1.807, 2.05) is 18.2 Å². The second-order valence-electron chi connectivity index (χ2n) is 7.27. The maximum absolute atomic E-state index is 12.9. The number of nitrogens with zero attached hydrogens (tertiary/aromatic N) is 2. The molecule has 0 fully saturated rings. The lowest BCUT2D eigenvalue weighted by atomic mass is 10.0. The van der Waals surface area contributed by atoms with Crippen molar-refractivity contribution in [1.29, 1.82) is 0 Å². The number of methoxy groups -OCH3 is 1. The van der Waals surface area contributed by atoms with Crippen molar-refractivity contribution in [3.8, 4) is 5.75 Å². The van der Waals surface area contributed by atoms with Crippen LogP contribution in [0.15, 0.2) is 64.8 Å². The molecule has 5 N–H and O–H groups in total. The van der Waals surface area contributed by atoms with Gasteiger partial charge in [-0.3, -0.25) is 4.79 Å². The van der Waals surface area contributed by atoms with Crippen LogP contribution in [0.1, 0.15) is 24.8 Å². The van der Waals surface area contributed by atoms with Gasteiger partial charge in [0.1, 0.15) is 17.8 Å². The Hall–Kier alpha value is -3.79. The number of unbranched alkanes of at least 4 members (excludes halogenated alkanes) is 1. The number of carbonyl (C=O) groups excluding carboxylic acids is 2. The average Bonchev–Trinajstić information content (AvgIpc) is 2.82. The number of carboxylic acid groups (broad SMARTS) is 1. The van der Waals surface area contributed by atoms with Crippen LogP contribution in [0, 0.1) is 0 Å². The molecule has 0 radical (unpaired) electrons. The Morgan fingerprint density at radius 2 is 1.70 bits per heavy atom. The Morgan fingerprint density at radius 3 is 2.30 bits per heavy atom. The fraction of sp³-hybridized carbons (Fsp3) is 0.348. The van der Waals surface area contributed by atoms with Crippen LogP contribution in [0.2, 0.25) is 0 Å². The molecule has 0 aliphatic carbocycles. The van der Waals surface area contributed by atoms with Gasteiger partial charge in [0.25, 0.3) is 0 Å². The smallest absolute Gasteiger partial charge is 0.360 e. The summed E-state index contributed by atoms with van der Waals surface area (Å²) in [5, 5.41) is 21.9. The summed E-state index contributed by atoms with van der Waals surface area (Å²) in [5.74, 6) is -1.13. The molecule has 0 aliphatic rings. The average molecular weight is 456 g/mol. The predicted molar refractivity (Wildman–Crippen MR) is 122 cm³/mol. The monoisotopic (exact) mass is 455 g/mol. The van der Waals surface area contributed by atoms with Gasteiger partial charge < -0.3 is 26.2 Å².